The first kappa shape index (κ1) is 14.1. The fraction of sp³-hybridized carbons (Fsp3) is 0.333. The van der Waals surface area contributed by atoms with Crippen molar-refractivity contribution in [1.29, 1.82) is 0 Å². The monoisotopic (exact) mass is 268 g/mol. The maximum atomic E-state index is 2.34. The second-order valence-corrected chi connectivity index (χ2v) is 9.49. The minimum atomic E-state index is -1.05. The summed E-state index contributed by atoms with van der Waals surface area (Å²) in [7, 11) is -1.05. The first-order chi connectivity index (χ1) is 9.06. The van der Waals surface area contributed by atoms with Crippen LogP contribution >= 0.6 is 0 Å². The van der Waals surface area contributed by atoms with Crippen LogP contribution in [0.5, 0.6) is 0 Å². The third-order valence-corrected chi connectivity index (χ3v) is 6.83. The van der Waals surface area contributed by atoms with E-state index in [4.69, 9.17) is 0 Å². The lowest BCUT2D eigenvalue weighted by Gasteiger charge is -2.23. The van der Waals surface area contributed by atoms with Crippen LogP contribution in [-0.4, -0.2) is 8.80 Å². The summed E-state index contributed by atoms with van der Waals surface area (Å²) < 4.78 is 0. The van der Waals surface area contributed by atoms with Crippen LogP contribution in [0.2, 0.25) is 6.04 Å². The smallest absolute Gasteiger partial charge is 0.0629 e. The third kappa shape index (κ3) is 4.36. The highest BCUT2D eigenvalue weighted by Crippen LogP contribution is 2.22. The number of benzene rings is 2. The first-order valence-electron chi connectivity index (χ1n) is 7.16. The van der Waals surface area contributed by atoms with Gasteiger partial charge in [0.1, 0.15) is 8.80 Å². The highest BCUT2D eigenvalue weighted by Gasteiger charge is 2.19. The second-order valence-electron chi connectivity index (χ2n) is 6.47. The van der Waals surface area contributed by atoms with Gasteiger partial charge in [0.15, 0.2) is 0 Å². The Hall–Kier alpha value is -1.34. The van der Waals surface area contributed by atoms with Gasteiger partial charge in [0, 0.05) is 0 Å². The zero-order valence-electron chi connectivity index (χ0n) is 12.3. The van der Waals surface area contributed by atoms with E-state index in [1.54, 1.807) is 10.4 Å². The summed E-state index contributed by atoms with van der Waals surface area (Å²) in [5.74, 6) is 0. The molecule has 19 heavy (non-hydrogen) atoms. The van der Waals surface area contributed by atoms with Crippen molar-refractivity contribution in [3.05, 3.63) is 60.7 Å². The van der Waals surface area contributed by atoms with Crippen LogP contribution in [0.25, 0.3) is 0 Å². The van der Waals surface area contributed by atoms with Gasteiger partial charge in [0.2, 0.25) is 0 Å². The zero-order valence-corrected chi connectivity index (χ0v) is 13.4. The van der Waals surface area contributed by atoms with Crippen LogP contribution in [0.4, 0.5) is 0 Å². The normalized spacial score (nSPS) is 11.8. The molecular weight excluding hydrogens is 244 g/mol. The van der Waals surface area contributed by atoms with Gasteiger partial charge in [-0.15, -0.1) is 0 Å². The molecule has 0 spiro atoms. The summed E-state index contributed by atoms with van der Waals surface area (Å²) >= 11 is 0. The lowest BCUT2D eigenvalue weighted by Crippen LogP contribution is -2.42. The maximum absolute atomic E-state index is 2.34. The summed E-state index contributed by atoms with van der Waals surface area (Å²) in [5, 5.41) is 3.14. The van der Waals surface area contributed by atoms with Crippen LogP contribution in [0, 0.1) is 5.41 Å². The molecular formula is C18H24Si. The van der Waals surface area contributed by atoms with Gasteiger partial charge in [-0.05, 0) is 5.41 Å². The number of hydrogen-bond donors (Lipinski definition) is 0. The molecule has 0 bridgehead atoms. The molecule has 0 fully saturated rings. The topological polar surface area (TPSA) is 0 Å². The second kappa shape index (κ2) is 6.20. The average molecular weight is 268 g/mol. The molecule has 0 radical (unpaired) electrons. The van der Waals surface area contributed by atoms with E-state index in [1.807, 2.05) is 0 Å². The SMILES string of the molecule is CC(C)(C)CC[SiH](c1ccccc1)c1ccccc1. The fourth-order valence-electron chi connectivity index (χ4n) is 2.47. The number of rotatable bonds is 4. The molecule has 1 heteroatoms. The Labute approximate surface area is 119 Å². The summed E-state index contributed by atoms with van der Waals surface area (Å²) in [4.78, 5) is 0. The fourth-order valence-corrected chi connectivity index (χ4v) is 6.05. The van der Waals surface area contributed by atoms with Crippen molar-refractivity contribution >= 4 is 19.2 Å². The third-order valence-electron chi connectivity index (χ3n) is 3.59. The van der Waals surface area contributed by atoms with Gasteiger partial charge >= 0.3 is 0 Å². The van der Waals surface area contributed by atoms with Crippen molar-refractivity contribution in [3.63, 3.8) is 0 Å². The Morgan fingerprint density at radius 1 is 0.737 bits per heavy atom. The largest absolute Gasteiger partial charge is 0.103 e. The summed E-state index contributed by atoms with van der Waals surface area (Å²) in [6, 6.07) is 23.5. The molecule has 0 aliphatic heterocycles. The molecule has 0 aromatic heterocycles. The minimum Gasteiger partial charge on any atom is -0.0629 e. The predicted molar refractivity (Wildman–Crippen MR) is 88.2 cm³/mol. The molecule has 0 unspecified atom stereocenters. The Morgan fingerprint density at radius 2 is 1.16 bits per heavy atom. The van der Waals surface area contributed by atoms with Crippen molar-refractivity contribution < 1.29 is 0 Å². The van der Waals surface area contributed by atoms with Crippen molar-refractivity contribution in [2.45, 2.75) is 33.2 Å². The summed E-state index contributed by atoms with van der Waals surface area (Å²) in [5.41, 5.74) is 0.425. The van der Waals surface area contributed by atoms with Gasteiger partial charge < -0.3 is 0 Å². The first-order valence-corrected chi connectivity index (χ1v) is 9.13. The van der Waals surface area contributed by atoms with E-state index in [1.165, 1.54) is 12.5 Å². The molecule has 0 aliphatic rings. The highest BCUT2D eigenvalue weighted by atomic mass is 28.3. The molecule has 2 aromatic carbocycles. The van der Waals surface area contributed by atoms with Gasteiger partial charge in [-0.1, -0.05) is 104 Å². The van der Waals surface area contributed by atoms with E-state index >= 15 is 0 Å². The van der Waals surface area contributed by atoms with Crippen LogP contribution in [0.3, 0.4) is 0 Å². The Morgan fingerprint density at radius 3 is 1.53 bits per heavy atom. The van der Waals surface area contributed by atoms with Crippen molar-refractivity contribution in [3.8, 4) is 0 Å². The molecule has 0 atom stereocenters. The van der Waals surface area contributed by atoms with Crippen LogP contribution < -0.4 is 10.4 Å². The maximum Gasteiger partial charge on any atom is 0.103 e. The Kier molecular flexibility index (Phi) is 4.59. The Balaban J connectivity index is 2.24. The molecule has 0 nitrogen and oxygen atoms in total. The molecule has 2 rings (SSSR count). The van der Waals surface area contributed by atoms with Crippen LogP contribution in [-0.2, 0) is 0 Å². The summed E-state index contributed by atoms with van der Waals surface area (Å²) in [6.45, 7) is 7.03. The average Bonchev–Trinajstić information content (AvgIpc) is 2.40. The molecule has 0 N–H and O–H groups in total. The molecule has 100 valence electrons. The van der Waals surface area contributed by atoms with Crippen molar-refractivity contribution in [2.24, 2.45) is 5.41 Å². The molecule has 2 aromatic rings. The van der Waals surface area contributed by atoms with E-state index in [2.05, 4.69) is 81.4 Å². The van der Waals surface area contributed by atoms with Crippen LogP contribution in [0.15, 0.2) is 60.7 Å². The lowest BCUT2D eigenvalue weighted by molar-refractivity contribution is 0.397. The molecule has 0 aliphatic carbocycles. The van der Waals surface area contributed by atoms with Gasteiger partial charge in [0.25, 0.3) is 0 Å². The number of hydrogen-bond acceptors (Lipinski definition) is 0. The molecule has 0 amide bonds. The minimum absolute atomic E-state index is 0.425. The van der Waals surface area contributed by atoms with E-state index in [9.17, 15) is 0 Å². The van der Waals surface area contributed by atoms with E-state index in [0.717, 1.165) is 0 Å². The van der Waals surface area contributed by atoms with E-state index < -0.39 is 8.80 Å². The van der Waals surface area contributed by atoms with E-state index in [-0.39, 0.29) is 0 Å². The Bertz CT molecular complexity index is 443. The molecule has 0 heterocycles. The standard InChI is InChI=1S/C18H24Si/c1-18(2,3)14-15-19(16-10-6-4-7-11-16)17-12-8-5-9-13-17/h4-13,19H,14-15H2,1-3H3. The molecule has 0 saturated heterocycles. The van der Waals surface area contributed by atoms with Gasteiger partial charge in [-0.2, -0.15) is 0 Å². The van der Waals surface area contributed by atoms with E-state index in [0.29, 0.717) is 5.41 Å². The van der Waals surface area contributed by atoms with Crippen molar-refractivity contribution in [2.75, 3.05) is 0 Å². The summed E-state index contributed by atoms with van der Waals surface area (Å²) in [6.07, 6.45) is 1.30. The van der Waals surface area contributed by atoms with Gasteiger partial charge in [0.05, 0.1) is 0 Å². The predicted octanol–water partition coefficient (Wildman–Crippen LogP) is 3.46. The van der Waals surface area contributed by atoms with Gasteiger partial charge in [-0.25, -0.2) is 0 Å². The quantitative estimate of drug-likeness (QED) is 0.745. The van der Waals surface area contributed by atoms with Crippen LogP contribution in [0.1, 0.15) is 27.2 Å². The highest BCUT2D eigenvalue weighted by molar-refractivity contribution is 6.85. The lowest BCUT2D eigenvalue weighted by atomic mass is 9.94. The molecule has 0 saturated carbocycles. The van der Waals surface area contributed by atoms with Crippen molar-refractivity contribution in [1.82, 2.24) is 0 Å². The zero-order chi connectivity index (χ0) is 13.7. The van der Waals surface area contributed by atoms with Gasteiger partial charge in [-0.3, -0.25) is 0 Å².